The molecule has 1 rings (SSSR count). The van der Waals surface area contributed by atoms with Crippen LogP contribution in [0.3, 0.4) is 0 Å². The highest BCUT2D eigenvalue weighted by Gasteiger charge is 2.12. The first-order chi connectivity index (χ1) is 6.02. The summed E-state index contributed by atoms with van der Waals surface area (Å²) in [7, 11) is 0. The maximum atomic E-state index is 10.5. The van der Waals surface area contributed by atoms with Crippen LogP contribution in [0.4, 0.5) is 0 Å². The lowest BCUT2D eigenvalue weighted by molar-refractivity contribution is -0.111. The molecule has 0 aromatic heterocycles. The zero-order valence-electron chi connectivity index (χ0n) is 6.49. The maximum Gasteiger partial charge on any atom is 0.226 e. The van der Waals surface area contributed by atoms with E-state index >= 15 is 0 Å². The van der Waals surface area contributed by atoms with Gasteiger partial charge in [0, 0.05) is 5.56 Å². The molecule has 0 unspecified atom stereocenters. The summed E-state index contributed by atoms with van der Waals surface area (Å²) in [5.41, 5.74) is 0.176. The van der Waals surface area contributed by atoms with Crippen LogP contribution >= 0.6 is 11.6 Å². The van der Waals surface area contributed by atoms with Crippen LogP contribution in [0.5, 0.6) is 17.2 Å². The normalized spacial score (nSPS) is 9.92. The Labute approximate surface area is 79.0 Å². The summed E-state index contributed by atoms with van der Waals surface area (Å²) < 4.78 is 0. The quantitative estimate of drug-likeness (QED) is 0.496. The molecule has 5 heteroatoms. The van der Waals surface area contributed by atoms with E-state index in [2.05, 4.69) is 0 Å². The van der Waals surface area contributed by atoms with Crippen molar-refractivity contribution in [2.75, 3.05) is 0 Å². The van der Waals surface area contributed by atoms with Crippen molar-refractivity contribution in [3.8, 4) is 17.2 Å². The Hall–Kier alpha value is -1.42. The van der Waals surface area contributed by atoms with Gasteiger partial charge in [0.1, 0.15) is 0 Å². The van der Waals surface area contributed by atoms with E-state index in [4.69, 9.17) is 21.8 Å². The lowest BCUT2D eigenvalue weighted by atomic mass is 10.1. The number of hydrogen-bond donors (Lipinski definition) is 3. The van der Waals surface area contributed by atoms with Gasteiger partial charge in [-0.25, -0.2) is 0 Å². The van der Waals surface area contributed by atoms with E-state index in [1.165, 1.54) is 12.1 Å². The van der Waals surface area contributed by atoms with Crippen LogP contribution in [-0.2, 0) is 11.2 Å². The third-order valence-electron chi connectivity index (χ3n) is 1.54. The first-order valence-corrected chi connectivity index (χ1v) is 3.81. The standard InChI is InChI=1S/C8H7ClO4/c9-6(11)3-4-1-2-5(10)8(13)7(4)12/h1-2,10,12-13H,3H2. The number of halogens is 1. The Balaban J connectivity index is 3.10. The molecule has 0 heterocycles. The fraction of sp³-hybridized carbons (Fsp3) is 0.125. The fourth-order valence-corrected chi connectivity index (χ4v) is 1.05. The molecule has 3 N–H and O–H groups in total. The predicted molar refractivity (Wildman–Crippen MR) is 46.0 cm³/mol. The number of carbonyl (C=O) groups is 1. The van der Waals surface area contributed by atoms with E-state index in [1.54, 1.807) is 0 Å². The topological polar surface area (TPSA) is 77.8 Å². The van der Waals surface area contributed by atoms with E-state index in [9.17, 15) is 9.90 Å². The van der Waals surface area contributed by atoms with Crippen molar-refractivity contribution in [1.29, 1.82) is 0 Å². The summed E-state index contributed by atoms with van der Waals surface area (Å²) >= 11 is 5.08. The number of hydrogen-bond acceptors (Lipinski definition) is 4. The molecule has 0 saturated carbocycles. The molecule has 70 valence electrons. The van der Waals surface area contributed by atoms with E-state index in [-0.39, 0.29) is 12.0 Å². The van der Waals surface area contributed by atoms with Crippen molar-refractivity contribution in [3.63, 3.8) is 0 Å². The minimum Gasteiger partial charge on any atom is -0.504 e. The SMILES string of the molecule is O=C(Cl)Cc1ccc(O)c(O)c1O. The minimum absolute atomic E-state index is 0.176. The largest absolute Gasteiger partial charge is 0.504 e. The van der Waals surface area contributed by atoms with Gasteiger partial charge >= 0.3 is 0 Å². The number of rotatable bonds is 2. The van der Waals surface area contributed by atoms with Crippen molar-refractivity contribution in [3.05, 3.63) is 17.7 Å². The fourth-order valence-electron chi connectivity index (χ4n) is 0.903. The number of phenols is 3. The molecular formula is C8H7ClO4. The predicted octanol–water partition coefficient (Wildman–Crippen LogP) is 1.11. The first kappa shape index (κ1) is 9.67. The van der Waals surface area contributed by atoms with Crippen molar-refractivity contribution >= 4 is 16.8 Å². The van der Waals surface area contributed by atoms with Crippen LogP contribution in [0.2, 0.25) is 0 Å². The Kier molecular flexibility index (Phi) is 2.63. The number of carbonyl (C=O) groups excluding carboxylic acids is 1. The van der Waals surface area contributed by atoms with Crippen molar-refractivity contribution < 1.29 is 20.1 Å². The smallest absolute Gasteiger partial charge is 0.226 e. The Bertz CT molecular complexity index is 348. The molecule has 0 saturated heterocycles. The highest BCUT2D eigenvalue weighted by atomic mass is 35.5. The monoisotopic (exact) mass is 202 g/mol. The summed E-state index contributed by atoms with van der Waals surface area (Å²) in [6.45, 7) is 0. The molecule has 0 bridgehead atoms. The molecule has 0 amide bonds. The summed E-state index contributed by atoms with van der Waals surface area (Å²) in [5.74, 6) is -1.60. The molecule has 1 aromatic rings. The molecule has 0 atom stereocenters. The van der Waals surface area contributed by atoms with Crippen LogP contribution < -0.4 is 0 Å². The van der Waals surface area contributed by atoms with Gasteiger partial charge in [-0.05, 0) is 17.7 Å². The molecule has 13 heavy (non-hydrogen) atoms. The second-order valence-corrected chi connectivity index (χ2v) is 2.89. The Morgan fingerprint density at radius 1 is 1.23 bits per heavy atom. The zero-order chi connectivity index (χ0) is 10.0. The highest BCUT2D eigenvalue weighted by molar-refractivity contribution is 6.63. The van der Waals surface area contributed by atoms with Crippen LogP contribution in [0, 0.1) is 0 Å². The van der Waals surface area contributed by atoms with E-state index < -0.39 is 22.5 Å². The summed E-state index contributed by atoms with van der Waals surface area (Å²) in [6.07, 6.45) is -0.193. The summed E-state index contributed by atoms with van der Waals surface area (Å²) in [5, 5.41) is 26.5. The highest BCUT2D eigenvalue weighted by Crippen LogP contribution is 2.37. The molecule has 0 aliphatic heterocycles. The van der Waals surface area contributed by atoms with Gasteiger partial charge in [0.05, 0.1) is 6.42 Å². The zero-order valence-corrected chi connectivity index (χ0v) is 7.25. The second-order valence-electron chi connectivity index (χ2n) is 2.47. The number of phenolic OH excluding ortho intramolecular Hbond substituents is 3. The van der Waals surface area contributed by atoms with E-state index in [0.29, 0.717) is 0 Å². The minimum atomic E-state index is -0.652. The maximum absolute atomic E-state index is 10.5. The van der Waals surface area contributed by atoms with Gasteiger partial charge in [-0.15, -0.1) is 0 Å². The van der Waals surface area contributed by atoms with Gasteiger partial charge in [-0.1, -0.05) is 6.07 Å². The molecule has 0 fully saturated rings. The molecule has 0 aliphatic carbocycles. The van der Waals surface area contributed by atoms with Gasteiger partial charge in [-0.2, -0.15) is 0 Å². The Morgan fingerprint density at radius 2 is 1.85 bits per heavy atom. The van der Waals surface area contributed by atoms with Crippen LogP contribution in [0.15, 0.2) is 12.1 Å². The van der Waals surface area contributed by atoms with Gasteiger partial charge in [-0.3, -0.25) is 4.79 Å². The summed E-state index contributed by atoms with van der Waals surface area (Å²) in [4.78, 5) is 10.5. The average molecular weight is 203 g/mol. The molecule has 0 spiro atoms. The average Bonchev–Trinajstić information content (AvgIpc) is 2.06. The van der Waals surface area contributed by atoms with Crippen LogP contribution in [0.1, 0.15) is 5.56 Å². The van der Waals surface area contributed by atoms with Crippen LogP contribution in [-0.4, -0.2) is 20.6 Å². The van der Waals surface area contributed by atoms with Gasteiger partial charge in [0.25, 0.3) is 0 Å². The molecule has 4 nitrogen and oxygen atoms in total. The lowest BCUT2D eigenvalue weighted by Gasteiger charge is -2.04. The first-order valence-electron chi connectivity index (χ1n) is 3.43. The van der Waals surface area contributed by atoms with Crippen molar-refractivity contribution in [2.45, 2.75) is 6.42 Å². The third kappa shape index (κ3) is 2.03. The number of aromatic hydroxyl groups is 3. The second kappa shape index (κ2) is 3.53. The van der Waals surface area contributed by atoms with E-state index in [0.717, 1.165) is 0 Å². The van der Waals surface area contributed by atoms with Crippen molar-refractivity contribution in [2.24, 2.45) is 0 Å². The molecule has 0 aliphatic rings. The van der Waals surface area contributed by atoms with E-state index in [1.807, 2.05) is 0 Å². The van der Waals surface area contributed by atoms with Crippen LogP contribution in [0.25, 0.3) is 0 Å². The Morgan fingerprint density at radius 3 is 2.38 bits per heavy atom. The third-order valence-corrected chi connectivity index (χ3v) is 1.68. The molecular weight excluding hydrogens is 196 g/mol. The molecule has 1 aromatic carbocycles. The number of benzene rings is 1. The van der Waals surface area contributed by atoms with Crippen molar-refractivity contribution in [1.82, 2.24) is 0 Å². The van der Waals surface area contributed by atoms with Gasteiger partial charge in [0.15, 0.2) is 11.5 Å². The summed E-state index contributed by atoms with van der Waals surface area (Å²) in [6, 6.07) is 2.48. The molecule has 0 radical (unpaired) electrons. The van der Waals surface area contributed by atoms with Gasteiger partial charge < -0.3 is 15.3 Å². The van der Waals surface area contributed by atoms with Gasteiger partial charge in [0.2, 0.25) is 11.0 Å². The lowest BCUT2D eigenvalue weighted by Crippen LogP contribution is -1.93.